The molecule has 55 heavy (non-hydrogen) atoms. The van der Waals surface area contributed by atoms with Crippen LogP contribution in [0.5, 0.6) is 0 Å². The number of para-hydroxylation sites is 2. The molecule has 6 heteroatoms. The fourth-order valence-corrected chi connectivity index (χ4v) is 8.02. The summed E-state index contributed by atoms with van der Waals surface area (Å²) in [6.07, 6.45) is 5.89. The van der Waals surface area contributed by atoms with Crippen molar-refractivity contribution in [1.82, 2.24) is 0 Å². The SMILES string of the molecule is CCC1(CC)c2cc(/C=C/c3ccc(N(c4ccccc4)c4ccc(F)cc4F)cc3)ccc2-c2ccc(N(c3ccccc3)c3ccc(F)cc3F)cc21. The first-order chi connectivity index (χ1) is 26.8. The molecule has 0 radical (unpaired) electrons. The van der Waals surface area contributed by atoms with Gasteiger partial charge in [0.25, 0.3) is 0 Å². The minimum Gasteiger partial charge on any atom is -0.308 e. The molecular weight excluding hydrogens is 693 g/mol. The fraction of sp³-hybridized carbons (Fsp3) is 0.102. The van der Waals surface area contributed by atoms with Crippen LogP contribution in [0.15, 0.2) is 158 Å². The largest absolute Gasteiger partial charge is 0.308 e. The van der Waals surface area contributed by atoms with Crippen molar-refractivity contribution in [3.63, 3.8) is 0 Å². The van der Waals surface area contributed by atoms with Gasteiger partial charge in [-0.1, -0.05) is 98.8 Å². The molecule has 7 aromatic rings. The van der Waals surface area contributed by atoms with E-state index in [-0.39, 0.29) is 16.8 Å². The fourth-order valence-electron chi connectivity index (χ4n) is 8.02. The number of hydrogen-bond acceptors (Lipinski definition) is 2. The normalized spacial score (nSPS) is 12.8. The van der Waals surface area contributed by atoms with Gasteiger partial charge in [-0.25, -0.2) is 17.6 Å². The zero-order valence-electron chi connectivity index (χ0n) is 30.5. The van der Waals surface area contributed by atoms with Crippen molar-refractivity contribution in [2.75, 3.05) is 9.80 Å². The molecule has 0 fully saturated rings. The third kappa shape index (κ3) is 6.58. The van der Waals surface area contributed by atoms with Gasteiger partial charge in [0.15, 0.2) is 0 Å². The van der Waals surface area contributed by atoms with Gasteiger partial charge in [-0.05, 0) is 119 Å². The minimum absolute atomic E-state index is 0.257. The second-order valence-electron chi connectivity index (χ2n) is 13.8. The molecule has 0 unspecified atom stereocenters. The standard InChI is InChI=1S/C49H38F4N2/c1-3-49(4-2)43-29-34(16-15-33-17-22-39(23-18-33)54(37-11-7-5-8-12-37)47-27-20-35(50)30-45(47)52)19-25-41(43)42-26-24-40(32-44(42)49)55(38-13-9-6-10-14-38)48-28-21-36(51)31-46(48)53/h5-32H,3-4H2,1-2H3/b16-15+. The molecule has 0 atom stereocenters. The highest BCUT2D eigenvalue weighted by atomic mass is 19.1. The van der Waals surface area contributed by atoms with Gasteiger partial charge in [0.2, 0.25) is 0 Å². The molecule has 0 bridgehead atoms. The lowest BCUT2D eigenvalue weighted by Gasteiger charge is -2.32. The van der Waals surface area contributed by atoms with Crippen molar-refractivity contribution in [2.45, 2.75) is 32.1 Å². The predicted octanol–water partition coefficient (Wildman–Crippen LogP) is 14.4. The molecule has 1 aliphatic rings. The maximum Gasteiger partial charge on any atom is 0.150 e. The Morgan fingerprint density at radius 1 is 0.436 bits per heavy atom. The van der Waals surface area contributed by atoms with E-state index in [1.165, 1.54) is 41.0 Å². The number of hydrogen-bond donors (Lipinski definition) is 0. The third-order valence-electron chi connectivity index (χ3n) is 10.8. The van der Waals surface area contributed by atoms with Crippen LogP contribution in [0.4, 0.5) is 51.7 Å². The monoisotopic (exact) mass is 730 g/mol. The van der Waals surface area contributed by atoms with Gasteiger partial charge in [-0.2, -0.15) is 0 Å². The highest BCUT2D eigenvalue weighted by Gasteiger charge is 2.41. The van der Waals surface area contributed by atoms with Gasteiger partial charge in [0.1, 0.15) is 23.3 Å². The first kappa shape index (κ1) is 35.6. The van der Waals surface area contributed by atoms with Crippen molar-refractivity contribution in [1.29, 1.82) is 0 Å². The molecule has 0 N–H and O–H groups in total. The quantitative estimate of drug-likeness (QED) is 0.102. The van der Waals surface area contributed by atoms with Crippen LogP contribution >= 0.6 is 0 Å². The van der Waals surface area contributed by atoms with E-state index in [9.17, 15) is 8.78 Å². The van der Waals surface area contributed by atoms with Crippen LogP contribution < -0.4 is 9.80 Å². The summed E-state index contributed by atoms with van der Waals surface area (Å²) in [4.78, 5) is 3.62. The van der Waals surface area contributed by atoms with E-state index in [4.69, 9.17) is 0 Å². The second kappa shape index (κ2) is 14.8. The van der Waals surface area contributed by atoms with Gasteiger partial charge in [-0.3, -0.25) is 0 Å². The zero-order chi connectivity index (χ0) is 38.1. The molecule has 2 nitrogen and oxygen atoms in total. The van der Waals surface area contributed by atoms with E-state index >= 15 is 8.78 Å². The Morgan fingerprint density at radius 2 is 0.873 bits per heavy atom. The molecule has 272 valence electrons. The average molecular weight is 731 g/mol. The van der Waals surface area contributed by atoms with Gasteiger partial charge in [0, 0.05) is 40.3 Å². The Hall–Kier alpha value is -6.40. The molecule has 0 spiro atoms. The number of rotatable bonds is 10. The number of halogens is 4. The number of nitrogens with zero attached hydrogens (tertiary/aromatic N) is 2. The van der Waals surface area contributed by atoms with E-state index in [2.05, 4.69) is 56.3 Å². The Kier molecular flexibility index (Phi) is 9.58. The lowest BCUT2D eigenvalue weighted by molar-refractivity contribution is 0.490. The Labute approximate surface area is 319 Å². The molecular formula is C49H38F4N2. The molecule has 0 heterocycles. The van der Waals surface area contributed by atoms with E-state index in [0.717, 1.165) is 64.4 Å². The highest BCUT2D eigenvalue weighted by molar-refractivity contribution is 5.87. The molecule has 7 aromatic carbocycles. The number of benzene rings is 7. The molecule has 0 aromatic heterocycles. The van der Waals surface area contributed by atoms with Crippen molar-refractivity contribution in [3.8, 4) is 11.1 Å². The summed E-state index contributed by atoms with van der Waals surface area (Å²) in [5.74, 6) is -2.53. The Bertz CT molecular complexity index is 2510. The number of fused-ring (bicyclic) bond motifs is 3. The van der Waals surface area contributed by atoms with Gasteiger partial charge >= 0.3 is 0 Å². The Morgan fingerprint density at radius 3 is 1.40 bits per heavy atom. The third-order valence-corrected chi connectivity index (χ3v) is 10.8. The molecule has 0 saturated carbocycles. The van der Waals surface area contributed by atoms with Gasteiger partial charge in [0.05, 0.1) is 11.4 Å². The van der Waals surface area contributed by atoms with E-state index < -0.39 is 23.3 Å². The highest BCUT2D eigenvalue weighted by Crippen LogP contribution is 2.54. The van der Waals surface area contributed by atoms with Crippen LogP contribution in [0.2, 0.25) is 0 Å². The topological polar surface area (TPSA) is 6.48 Å². The lowest BCUT2D eigenvalue weighted by Crippen LogP contribution is -2.23. The van der Waals surface area contributed by atoms with Crippen LogP contribution in [-0.2, 0) is 5.41 Å². The summed E-state index contributed by atoms with van der Waals surface area (Å²) in [5, 5.41) is 0. The second-order valence-corrected chi connectivity index (χ2v) is 13.8. The molecule has 0 saturated heterocycles. The summed E-state index contributed by atoms with van der Waals surface area (Å²) >= 11 is 0. The van der Waals surface area contributed by atoms with Crippen LogP contribution in [0.25, 0.3) is 23.3 Å². The summed E-state index contributed by atoms with van der Waals surface area (Å²) in [6, 6.07) is 47.1. The van der Waals surface area contributed by atoms with E-state index in [1.807, 2.05) is 95.9 Å². The van der Waals surface area contributed by atoms with E-state index in [0.29, 0.717) is 0 Å². The molecule has 0 amide bonds. The molecule has 1 aliphatic carbocycles. The van der Waals surface area contributed by atoms with Crippen molar-refractivity contribution >= 4 is 46.3 Å². The van der Waals surface area contributed by atoms with Crippen LogP contribution in [-0.4, -0.2) is 0 Å². The van der Waals surface area contributed by atoms with Crippen molar-refractivity contribution in [2.24, 2.45) is 0 Å². The summed E-state index contributed by atoms with van der Waals surface area (Å²) in [7, 11) is 0. The average Bonchev–Trinajstić information content (AvgIpc) is 3.48. The predicted molar refractivity (Wildman–Crippen MR) is 218 cm³/mol. The lowest BCUT2D eigenvalue weighted by atomic mass is 9.73. The Balaban J connectivity index is 1.12. The minimum atomic E-state index is -0.645. The first-order valence-electron chi connectivity index (χ1n) is 18.5. The summed E-state index contributed by atoms with van der Waals surface area (Å²) in [5.41, 5.74) is 10.1. The van der Waals surface area contributed by atoms with Crippen LogP contribution in [0.3, 0.4) is 0 Å². The molecule has 0 aliphatic heterocycles. The summed E-state index contributed by atoms with van der Waals surface area (Å²) < 4.78 is 58.3. The van der Waals surface area contributed by atoms with Gasteiger partial charge < -0.3 is 9.80 Å². The first-order valence-corrected chi connectivity index (χ1v) is 18.5. The smallest absolute Gasteiger partial charge is 0.150 e. The van der Waals surface area contributed by atoms with Gasteiger partial charge in [-0.15, -0.1) is 0 Å². The van der Waals surface area contributed by atoms with Crippen LogP contribution in [0, 0.1) is 23.3 Å². The van der Waals surface area contributed by atoms with E-state index in [1.54, 1.807) is 4.90 Å². The maximum atomic E-state index is 15.4. The number of anilines is 6. The molecule has 8 rings (SSSR count). The van der Waals surface area contributed by atoms with Crippen molar-refractivity contribution in [3.05, 3.63) is 203 Å². The summed E-state index contributed by atoms with van der Waals surface area (Å²) in [6.45, 7) is 4.43. The van der Waals surface area contributed by atoms with Crippen LogP contribution in [0.1, 0.15) is 48.9 Å². The maximum absolute atomic E-state index is 15.4. The van der Waals surface area contributed by atoms with Crippen molar-refractivity contribution < 1.29 is 17.6 Å². The zero-order valence-corrected chi connectivity index (χ0v) is 30.5.